The molecule has 0 radical (unpaired) electrons. The number of nitrogens with zero attached hydrogens (tertiary/aromatic N) is 4. The molecule has 1 aromatic heterocycles. The summed E-state index contributed by atoms with van der Waals surface area (Å²) in [6.45, 7) is 8.09. The number of phenolic OH excluding ortho intramolecular Hbond substituents is 1. The largest absolute Gasteiger partial charge is 0.508 e. The summed E-state index contributed by atoms with van der Waals surface area (Å²) < 4.78 is 1.86. The Bertz CT molecular complexity index is 687. The van der Waals surface area contributed by atoms with Crippen LogP contribution in [0.15, 0.2) is 29.4 Å². The molecule has 24 heavy (non-hydrogen) atoms. The molecule has 0 aliphatic carbocycles. The van der Waals surface area contributed by atoms with Crippen molar-refractivity contribution in [3.05, 3.63) is 24.3 Å². The molecule has 1 N–H and O–H groups in total. The molecule has 0 atom stereocenters. The van der Waals surface area contributed by atoms with E-state index in [1.54, 1.807) is 24.3 Å². The van der Waals surface area contributed by atoms with Crippen molar-refractivity contribution in [3.8, 4) is 17.1 Å². The van der Waals surface area contributed by atoms with Gasteiger partial charge in [-0.25, -0.2) is 0 Å². The average molecular weight is 348 g/mol. The second-order valence-corrected chi connectivity index (χ2v) is 7.13. The van der Waals surface area contributed by atoms with Crippen molar-refractivity contribution in [2.75, 3.05) is 5.75 Å². The maximum atomic E-state index is 12.4. The van der Waals surface area contributed by atoms with E-state index in [-0.39, 0.29) is 23.7 Å². The van der Waals surface area contributed by atoms with Gasteiger partial charge in [-0.2, -0.15) is 0 Å². The van der Waals surface area contributed by atoms with E-state index in [2.05, 4.69) is 10.2 Å². The number of phenols is 1. The molecule has 0 saturated heterocycles. The van der Waals surface area contributed by atoms with E-state index < -0.39 is 0 Å². The van der Waals surface area contributed by atoms with Gasteiger partial charge >= 0.3 is 0 Å². The van der Waals surface area contributed by atoms with Gasteiger partial charge in [-0.05, 0) is 52.0 Å². The second-order valence-electron chi connectivity index (χ2n) is 6.19. The zero-order valence-corrected chi connectivity index (χ0v) is 15.5. The summed E-state index contributed by atoms with van der Waals surface area (Å²) in [6.07, 6.45) is 0. The van der Waals surface area contributed by atoms with E-state index in [0.717, 1.165) is 5.56 Å². The molecular formula is C17H24N4O2S. The van der Waals surface area contributed by atoms with Crippen molar-refractivity contribution in [3.63, 3.8) is 0 Å². The minimum Gasteiger partial charge on any atom is -0.508 e. The first kappa shape index (κ1) is 18.3. The molecule has 0 spiro atoms. The van der Waals surface area contributed by atoms with Crippen molar-refractivity contribution >= 4 is 17.7 Å². The van der Waals surface area contributed by atoms with Crippen LogP contribution in [0.5, 0.6) is 5.75 Å². The SMILES string of the molecule is CC(C)N(C(=O)CSc1nnc(-c2ccc(O)cc2)n1C)C(C)C. The maximum absolute atomic E-state index is 12.4. The van der Waals surface area contributed by atoms with Crippen LogP contribution in [0, 0.1) is 0 Å². The van der Waals surface area contributed by atoms with Crippen LogP contribution in [0.1, 0.15) is 27.7 Å². The number of thioether (sulfide) groups is 1. The zero-order valence-electron chi connectivity index (χ0n) is 14.7. The van der Waals surface area contributed by atoms with E-state index >= 15 is 0 Å². The molecule has 0 unspecified atom stereocenters. The standard InChI is InChI=1S/C17H24N4O2S/c1-11(2)21(12(3)4)15(23)10-24-17-19-18-16(20(17)5)13-6-8-14(22)9-7-13/h6-9,11-12,22H,10H2,1-5H3. The van der Waals surface area contributed by atoms with Crippen LogP contribution >= 0.6 is 11.8 Å². The molecule has 2 aromatic rings. The highest BCUT2D eigenvalue weighted by Gasteiger charge is 2.21. The lowest BCUT2D eigenvalue weighted by Gasteiger charge is -2.30. The Labute approximate surface area is 146 Å². The van der Waals surface area contributed by atoms with E-state index in [1.807, 2.05) is 44.2 Å². The van der Waals surface area contributed by atoms with E-state index in [4.69, 9.17) is 0 Å². The number of carbonyl (C=O) groups excluding carboxylic acids is 1. The number of aromatic hydroxyl groups is 1. The maximum Gasteiger partial charge on any atom is 0.233 e. The second kappa shape index (κ2) is 7.70. The van der Waals surface area contributed by atoms with Crippen LogP contribution in [0.2, 0.25) is 0 Å². The van der Waals surface area contributed by atoms with Crippen molar-refractivity contribution in [1.29, 1.82) is 0 Å². The van der Waals surface area contributed by atoms with Crippen LogP contribution in [-0.4, -0.2) is 48.5 Å². The fourth-order valence-corrected chi connectivity index (χ4v) is 3.46. The fraction of sp³-hybridized carbons (Fsp3) is 0.471. The summed E-state index contributed by atoms with van der Waals surface area (Å²) in [7, 11) is 1.87. The molecule has 1 heterocycles. The first-order valence-corrected chi connectivity index (χ1v) is 8.92. The van der Waals surface area contributed by atoms with Crippen LogP contribution in [0.4, 0.5) is 0 Å². The third-order valence-electron chi connectivity index (χ3n) is 3.69. The molecule has 2 rings (SSSR count). The van der Waals surface area contributed by atoms with Gasteiger partial charge in [0.25, 0.3) is 0 Å². The Morgan fingerprint density at radius 2 is 1.75 bits per heavy atom. The molecule has 6 nitrogen and oxygen atoms in total. The Hall–Kier alpha value is -2.02. The fourth-order valence-electron chi connectivity index (χ4n) is 2.68. The van der Waals surface area contributed by atoms with Crippen LogP contribution in [0.3, 0.4) is 0 Å². The summed E-state index contributed by atoms with van der Waals surface area (Å²) in [6, 6.07) is 7.15. The van der Waals surface area contributed by atoms with Crippen molar-refractivity contribution in [2.24, 2.45) is 7.05 Å². The Balaban J connectivity index is 2.09. The Morgan fingerprint density at radius 1 is 1.17 bits per heavy atom. The molecule has 0 saturated carbocycles. The number of aromatic nitrogens is 3. The molecule has 0 fully saturated rings. The molecule has 0 aliphatic heterocycles. The highest BCUT2D eigenvalue weighted by Crippen LogP contribution is 2.24. The zero-order chi connectivity index (χ0) is 17.9. The lowest BCUT2D eigenvalue weighted by molar-refractivity contribution is -0.131. The minimum absolute atomic E-state index is 0.0965. The summed E-state index contributed by atoms with van der Waals surface area (Å²) in [4.78, 5) is 14.3. The number of carbonyl (C=O) groups is 1. The lowest BCUT2D eigenvalue weighted by atomic mass is 10.2. The van der Waals surface area contributed by atoms with Gasteiger partial charge in [0, 0.05) is 24.7 Å². The Kier molecular flexibility index (Phi) is 5.88. The average Bonchev–Trinajstić information content (AvgIpc) is 2.86. The Morgan fingerprint density at radius 3 is 2.29 bits per heavy atom. The summed E-state index contributed by atoms with van der Waals surface area (Å²) in [5.41, 5.74) is 0.868. The van der Waals surface area contributed by atoms with E-state index in [9.17, 15) is 9.90 Å². The van der Waals surface area contributed by atoms with Gasteiger partial charge in [0.1, 0.15) is 5.75 Å². The smallest absolute Gasteiger partial charge is 0.233 e. The monoisotopic (exact) mass is 348 g/mol. The van der Waals surface area contributed by atoms with Gasteiger partial charge in [0.05, 0.1) is 5.75 Å². The minimum atomic E-state index is 0.0965. The number of amides is 1. The van der Waals surface area contributed by atoms with Crippen LogP contribution < -0.4 is 0 Å². The van der Waals surface area contributed by atoms with Crippen LogP contribution in [-0.2, 0) is 11.8 Å². The summed E-state index contributed by atoms with van der Waals surface area (Å²) in [5.74, 6) is 1.34. The van der Waals surface area contributed by atoms with Gasteiger partial charge in [-0.3, -0.25) is 4.79 Å². The number of hydrogen-bond acceptors (Lipinski definition) is 5. The van der Waals surface area contributed by atoms with Gasteiger partial charge < -0.3 is 14.6 Å². The summed E-state index contributed by atoms with van der Waals surface area (Å²) in [5, 5.41) is 18.4. The molecule has 0 aliphatic rings. The van der Waals surface area contributed by atoms with Crippen LogP contribution in [0.25, 0.3) is 11.4 Å². The van der Waals surface area contributed by atoms with E-state index in [0.29, 0.717) is 16.7 Å². The van der Waals surface area contributed by atoms with Gasteiger partial charge in [0.2, 0.25) is 5.91 Å². The quantitative estimate of drug-likeness (QED) is 0.813. The van der Waals surface area contributed by atoms with E-state index in [1.165, 1.54) is 11.8 Å². The molecule has 0 bridgehead atoms. The van der Waals surface area contributed by atoms with Gasteiger partial charge in [-0.1, -0.05) is 11.8 Å². The lowest BCUT2D eigenvalue weighted by Crippen LogP contribution is -2.43. The molecule has 130 valence electrons. The first-order valence-electron chi connectivity index (χ1n) is 7.94. The molecule has 7 heteroatoms. The van der Waals surface area contributed by atoms with Crippen molar-refractivity contribution < 1.29 is 9.90 Å². The van der Waals surface area contributed by atoms with Crippen molar-refractivity contribution in [2.45, 2.75) is 44.9 Å². The molecular weight excluding hydrogens is 324 g/mol. The van der Waals surface area contributed by atoms with Crippen molar-refractivity contribution in [1.82, 2.24) is 19.7 Å². The van der Waals surface area contributed by atoms with Gasteiger partial charge in [-0.15, -0.1) is 10.2 Å². The predicted octanol–water partition coefficient (Wildman–Crippen LogP) is 2.93. The number of benzene rings is 1. The molecule has 1 aromatic carbocycles. The highest BCUT2D eigenvalue weighted by molar-refractivity contribution is 7.99. The highest BCUT2D eigenvalue weighted by atomic mass is 32.2. The third-order valence-corrected chi connectivity index (χ3v) is 4.69. The summed E-state index contributed by atoms with van der Waals surface area (Å²) >= 11 is 1.39. The number of rotatable bonds is 6. The first-order chi connectivity index (χ1) is 11.3. The number of hydrogen-bond donors (Lipinski definition) is 1. The van der Waals surface area contributed by atoms with Gasteiger partial charge in [0.15, 0.2) is 11.0 Å². The normalized spacial score (nSPS) is 11.3. The third kappa shape index (κ3) is 4.08. The topological polar surface area (TPSA) is 71.2 Å². The predicted molar refractivity (Wildman–Crippen MR) is 95.9 cm³/mol. The molecule has 1 amide bonds.